The quantitative estimate of drug-likeness (QED) is 0.607. The number of allylic oxidation sites excluding steroid dienone is 1. The van der Waals surface area contributed by atoms with Crippen LogP contribution in [0.3, 0.4) is 0 Å². The molecule has 0 unspecified atom stereocenters. The van der Waals surface area contributed by atoms with E-state index in [0.717, 1.165) is 6.42 Å². The van der Waals surface area contributed by atoms with Crippen molar-refractivity contribution in [1.82, 2.24) is 10.2 Å². The first-order chi connectivity index (χ1) is 6.24. The van der Waals surface area contributed by atoms with Crippen LogP contribution in [0.15, 0.2) is 12.2 Å². The molecular weight excluding hydrogens is 168 g/mol. The van der Waals surface area contributed by atoms with Gasteiger partial charge in [0.05, 0.1) is 6.54 Å². The van der Waals surface area contributed by atoms with Crippen LogP contribution in [0.25, 0.3) is 0 Å². The Bertz CT molecular complexity index is 236. The van der Waals surface area contributed by atoms with Gasteiger partial charge in [-0.1, -0.05) is 13.0 Å². The molecule has 4 heteroatoms. The zero-order valence-corrected chi connectivity index (χ0v) is 7.75. The smallest absolute Gasteiger partial charge is 0.246 e. The minimum Gasteiger partial charge on any atom is -0.353 e. The maximum atomic E-state index is 11.4. The summed E-state index contributed by atoms with van der Waals surface area (Å²) < 4.78 is 0. The number of carbonyl (C=O) groups excluding carboxylic acids is 2. The van der Waals surface area contributed by atoms with Gasteiger partial charge in [0, 0.05) is 13.1 Å². The maximum absolute atomic E-state index is 11.4. The van der Waals surface area contributed by atoms with E-state index in [1.54, 1.807) is 11.0 Å². The Balaban J connectivity index is 2.46. The average Bonchev–Trinajstić information content (AvgIpc) is 2.14. The van der Waals surface area contributed by atoms with E-state index in [4.69, 9.17) is 0 Å². The molecule has 1 aliphatic heterocycles. The Kier molecular flexibility index (Phi) is 3.49. The lowest BCUT2D eigenvalue weighted by Gasteiger charge is -2.25. The number of hydrogen-bond acceptors (Lipinski definition) is 2. The SMILES string of the molecule is CC/C=C/C(=O)N1CCNC(=O)C1. The third-order valence-corrected chi connectivity index (χ3v) is 1.85. The molecule has 0 saturated carbocycles. The van der Waals surface area contributed by atoms with Gasteiger partial charge in [-0.05, 0) is 12.5 Å². The highest BCUT2D eigenvalue weighted by atomic mass is 16.2. The normalized spacial score (nSPS) is 17.6. The minimum atomic E-state index is -0.0792. The Morgan fingerprint density at radius 2 is 2.46 bits per heavy atom. The van der Waals surface area contributed by atoms with E-state index in [1.165, 1.54) is 6.08 Å². The molecule has 0 aromatic carbocycles. The van der Waals surface area contributed by atoms with Crippen molar-refractivity contribution in [2.75, 3.05) is 19.6 Å². The fourth-order valence-corrected chi connectivity index (χ4v) is 1.15. The largest absolute Gasteiger partial charge is 0.353 e. The van der Waals surface area contributed by atoms with Gasteiger partial charge in [-0.25, -0.2) is 0 Å². The van der Waals surface area contributed by atoms with Gasteiger partial charge < -0.3 is 10.2 Å². The molecule has 0 radical (unpaired) electrons. The van der Waals surface area contributed by atoms with Crippen molar-refractivity contribution in [1.29, 1.82) is 0 Å². The second-order valence-electron chi connectivity index (χ2n) is 2.92. The van der Waals surface area contributed by atoms with Crippen molar-refractivity contribution in [3.05, 3.63) is 12.2 Å². The molecule has 0 aromatic rings. The highest BCUT2D eigenvalue weighted by molar-refractivity contribution is 5.92. The first-order valence-electron chi connectivity index (χ1n) is 4.46. The molecule has 0 spiro atoms. The number of rotatable bonds is 2. The lowest BCUT2D eigenvalue weighted by atomic mass is 10.3. The number of piperazine rings is 1. The molecule has 1 heterocycles. The topological polar surface area (TPSA) is 49.4 Å². The van der Waals surface area contributed by atoms with E-state index in [0.29, 0.717) is 13.1 Å². The number of hydrogen-bond donors (Lipinski definition) is 1. The highest BCUT2D eigenvalue weighted by Crippen LogP contribution is 1.95. The zero-order chi connectivity index (χ0) is 9.68. The summed E-state index contributed by atoms with van der Waals surface area (Å²) in [4.78, 5) is 23.8. The number of nitrogens with one attached hydrogen (secondary N) is 1. The summed E-state index contributed by atoms with van der Waals surface area (Å²) in [6, 6.07) is 0. The van der Waals surface area contributed by atoms with Crippen LogP contribution in [0.1, 0.15) is 13.3 Å². The van der Waals surface area contributed by atoms with Crippen LogP contribution in [-0.4, -0.2) is 36.3 Å². The molecule has 1 aliphatic rings. The third-order valence-electron chi connectivity index (χ3n) is 1.85. The predicted molar refractivity (Wildman–Crippen MR) is 49.0 cm³/mol. The first-order valence-corrected chi connectivity index (χ1v) is 4.46. The molecule has 2 amide bonds. The molecule has 1 saturated heterocycles. The molecule has 0 aliphatic carbocycles. The Labute approximate surface area is 77.6 Å². The van der Waals surface area contributed by atoms with Crippen LogP contribution >= 0.6 is 0 Å². The number of carbonyl (C=O) groups is 2. The second kappa shape index (κ2) is 4.64. The van der Waals surface area contributed by atoms with Crippen molar-refractivity contribution < 1.29 is 9.59 Å². The van der Waals surface area contributed by atoms with Gasteiger partial charge in [-0.2, -0.15) is 0 Å². The van der Waals surface area contributed by atoms with Crippen LogP contribution in [0.4, 0.5) is 0 Å². The molecular formula is C9H14N2O2. The predicted octanol–water partition coefficient (Wildman–Crippen LogP) is -0.0890. The second-order valence-corrected chi connectivity index (χ2v) is 2.92. The van der Waals surface area contributed by atoms with Crippen molar-refractivity contribution in [2.45, 2.75) is 13.3 Å². The minimum absolute atomic E-state index is 0.0725. The van der Waals surface area contributed by atoms with E-state index in [9.17, 15) is 9.59 Å². The van der Waals surface area contributed by atoms with Gasteiger partial charge in [-0.15, -0.1) is 0 Å². The standard InChI is InChI=1S/C9H14N2O2/c1-2-3-4-9(13)11-6-5-10-8(12)7-11/h3-4H,2,5-7H2,1H3,(H,10,12)/b4-3+. The van der Waals surface area contributed by atoms with Crippen LogP contribution in [0, 0.1) is 0 Å². The summed E-state index contributed by atoms with van der Waals surface area (Å²) in [5.74, 6) is -0.152. The van der Waals surface area contributed by atoms with Crippen molar-refractivity contribution in [2.24, 2.45) is 0 Å². The molecule has 1 rings (SSSR count). The number of amides is 2. The summed E-state index contributed by atoms with van der Waals surface area (Å²) in [5, 5.41) is 2.67. The summed E-state index contributed by atoms with van der Waals surface area (Å²) in [5.41, 5.74) is 0. The van der Waals surface area contributed by atoms with Gasteiger partial charge >= 0.3 is 0 Å². The molecule has 0 atom stereocenters. The van der Waals surface area contributed by atoms with Gasteiger partial charge in [0.15, 0.2) is 0 Å². The Hall–Kier alpha value is -1.32. The van der Waals surface area contributed by atoms with Crippen LogP contribution < -0.4 is 5.32 Å². The van der Waals surface area contributed by atoms with Crippen molar-refractivity contribution >= 4 is 11.8 Å². The molecule has 4 nitrogen and oxygen atoms in total. The Morgan fingerprint density at radius 3 is 3.08 bits per heavy atom. The van der Waals surface area contributed by atoms with E-state index in [1.807, 2.05) is 6.92 Å². The fourth-order valence-electron chi connectivity index (χ4n) is 1.15. The van der Waals surface area contributed by atoms with Gasteiger partial charge in [0.2, 0.25) is 11.8 Å². The van der Waals surface area contributed by atoms with Crippen molar-refractivity contribution in [3.8, 4) is 0 Å². The van der Waals surface area contributed by atoms with E-state index < -0.39 is 0 Å². The Morgan fingerprint density at radius 1 is 1.69 bits per heavy atom. The molecule has 1 fully saturated rings. The summed E-state index contributed by atoms with van der Waals surface area (Å²) in [6.07, 6.45) is 4.17. The molecule has 72 valence electrons. The van der Waals surface area contributed by atoms with Gasteiger partial charge in [0.1, 0.15) is 0 Å². The van der Waals surface area contributed by atoms with Crippen LogP contribution in [-0.2, 0) is 9.59 Å². The fraction of sp³-hybridized carbons (Fsp3) is 0.556. The number of nitrogens with zero attached hydrogens (tertiary/aromatic N) is 1. The average molecular weight is 182 g/mol. The lowest BCUT2D eigenvalue weighted by Crippen LogP contribution is -2.49. The molecule has 13 heavy (non-hydrogen) atoms. The lowest BCUT2D eigenvalue weighted by molar-refractivity contribution is -0.134. The van der Waals surface area contributed by atoms with Gasteiger partial charge in [-0.3, -0.25) is 9.59 Å². The summed E-state index contributed by atoms with van der Waals surface area (Å²) in [7, 11) is 0. The maximum Gasteiger partial charge on any atom is 0.246 e. The third kappa shape index (κ3) is 2.89. The molecule has 0 aromatic heterocycles. The summed E-state index contributed by atoms with van der Waals surface area (Å²) in [6.45, 7) is 3.32. The zero-order valence-electron chi connectivity index (χ0n) is 7.75. The summed E-state index contributed by atoms with van der Waals surface area (Å²) >= 11 is 0. The van der Waals surface area contributed by atoms with E-state index >= 15 is 0 Å². The van der Waals surface area contributed by atoms with E-state index in [-0.39, 0.29) is 18.4 Å². The van der Waals surface area contributed by atoms with Crippen LogP contribution in [0.2, 0.25) is 0 Å². The van der Waals surface area contributed by atoms with Crippen molar-refractivity contribution in [3.63, 3.8) is 0 Å². The molecule has 0 bridgehead atoms. The highest BCUT2D eigenvalue weighted by Gasteiger charge is 2.18. The first kappa shape index (κ1) is 9.77. The monoisotopic (exact) mass is 182 g/mol. The van der Waals surface area contributed by atoms with E-state index in [2.05, 4.69) is 5.32 Å². The van der Waals surface area contributed by atoms with Gasteiger partial charge in [0.25, 0.3) is 0 Å². The molecule has 1 N–H and O–H groups in total. The van der Waals surface area contributed by atoms with Crippen LogP contribution in [0.5, 0.6) is 0 Å².